The van der Waals surface area contributed by atoms with E-state index in [4.69, 9.17) is 0 Å². The van der Waals surface area contributed by atoms with Gasteiger partial charge in [0.1, 0.15) is 6.04 Å². The van der Waals surface area contributed by atoms with Gasteiger partial charge in [0.15, 0.2) is 0 Å². The quantitative estimate of drug-likeness (QED) is 0.603. The van der Waals surface area contributed by atoms with Crippen molar-refractivity contribution in [2.24, 2.45) is 0 Å². The van der Waals surface area contributed by atoms with Crippen molar-refractivity contribution in [1.29, 1.82) is 0 Å². The number of hydrogen-bond acceptors (Lipinski definition) is 3. The van der Waals surface area contributed by atoms with Gasteiger partial charge in [-0.1, -0.05) is 31.2 Å². The molecule has 0 radical (unpaired) electrons. The van der Waals surface area contributed by atoms with E-state index < -0.39 is 29.4 Å². The number of para-hydroxylation sites is 2. The summed E-state index contributed by atoms with van der Waals surface area (Å²) in [7, 11) is 0. The maximum absolute atomic E-state index is 13.5. The van der Waals surface area contributed by atoms with Crippen LogP contribution < -0.4 is 10.5 Å². The van der Waals surface area contributed by atoms with Crippen LogP contribution in [0.5, 0.6) is 0 Å². The molecule has 1 amide bonds. The average molecular weight is 417 g/mol. The molecule has 0 aliphatic heterocycles. The largest absolute Gasteiger partial charge is 0.438 e. The monoisotopic (exact) mass is 417 g/mol. The minimum atomic E-state index is -4.93. The van der Waals surface area contributed by atoms with Gasteiger partial charge in [-0.15, -0.1) is 0 Å². The Balaban J connectivity index is 2.22. The van der Waals surface area contributed by atoms with Gasteiger partial charge in [0, 0.05) is 12.2 Å². The number of aromatic nitrogens is 2. The van der Waals surface area contributed by atoms with Crippen LogP contribution in [0.25, 0.3) is 11.0 Å². The predicted molar refractivity (Wildman–Crippen MR) is 110 cm³/mol. The van der Waals surface area contributed by atoms with Crippen LogP contribution in [0.15, 0.2) is 53.3 Å². The van der Waals surface area contributed by atoms with Gasteiger partial charge in [0.05, 0.1) is 11.0 Å². The summed E-state index contributed by atoms with van der Waals surface area (Å²) in [6.45, 7) is 5.64. The number of alkyl halides is 3. The van der Waals surface area contributed by atoms with Gasteiger partial charge in [-0.25, -0.2) is 4.98 Å². The van der Waals surface area contributed by atoms with E-state index in [0.717, 1.165) is 10.1 Å². The number of benzene rings is 2. The molecule has 3 aromatic rings. The number of amides is 1. The number of halogens is 3. The second-order valence-corrected chi connectivity index (χ2v) is 6.97. The maximum atomic E-state index is 13.5. The third-order valence-corrected chi connectivity index (χ3v) is 4.94. The zero-order valence-corrected chi connectivity index (χ0v) is 16.9. The van der Waals surface area contributed by atoms with Crippen molar-refractivity contribution < 1.29 is 18.0 Å². The molecule has 0 saturated carbocycles. The molecule has 0 unspecified atom stereocenters. The zero-order chi connectivity index (χ0) is 22.1. The van der Waals surface area contributed by atoms with Gasteiger partial charge in [0.25, 0.3) is 5.56 Å². The molecule has 0 N–H and O–H groups in total. The highest BCUT2D eigenvalue weighted by atomic mass is 19.4. The van der Waals surface area contributed by atoms with E-state index in [0.29, 0.717) is 12.2 Å². The first-order valence-electron chi connectivity index (χ1n) is 9.65. The fourth-order valence-electron chi connectivity index (χ4n) is 3.56. The lowest BCUT2D eigenvalue weighted by molar-refractivity contribution is -0.142. The highest BCUT2D eigenvalue weighted by Crippen LogP contribution is 2.29. The zero-order valence-electron chi connectivity index (χ0n) is 16.9. The molecule has 1 heterocycles. The summed E-state index contributed by atoms with van der Waals surface area (Å²) in [4.78, 5) is 31.3. The number of anilines is 1. The van der Waals surface area contributed by atoms with Crippen LogP contribution >= 0.6 is 0 Å². The summed E-state index contributed by atoms with van der Waals surface area (Å²) in [5.41, 5.74) is -1.07. The summed E-state index contributed by atoms with van der Waals surface area (Å²) >= 11 is 0. The summed E-state index contributed by atoms with van der Waals surface area (Å²) in [5, 5.41) is 0. The fraction of sp³-hybridized carbons (Fsp3) is 0.318. The molecule has 0 bridgehead atoms. The Bertz CT molecular complexity index is 1140. The van der Waals surface area contributed by atoms with Gasteiger partial charge in [-0.3, -0.25) is 14.2 Å². The smallest absolute Gasteiger partial charge is 0.311 e. The molecule has 1 atom stereocenters. The van der Waals surface area contributed by atoms with Crippen LogP contribution in [0.4, 0.5) is 18.9 Å². The number of carbonyl (C=O) groups is 1. The first kappa shape index (κ1) is 21.5. The molecule has 0 saturated heterocycles. The van der Waals surface area contributed by atoms with Gasteiger partial charge in [-0.05, 0) is 50.1 Å². The van der Waals surface area contributed by atoms with Crippen LogP contribution in [0.1, 0.15) is 37.6 Å². The lowest BCUT2D eigenvalue weighted by atomic mass is 10.1. The molecule has 3 rings (SSSR count). The Hall–Kier alpha value is -3.16. The molecule has 0 fully saturated rings. The molecule has 158 valence electrons. The Morgan fingerprint density at radius 3 is 2.43 bits per heavy atom. The molecule has 0 aliphatic rings. The number of fused-ring (bicyclic) bond motifs is 1. The van der Waals surface area contributed by atoms with Gasteiger partial charge in [-0.2, -0.15) is 13.2 Å². The van der Waals surface area contributed by atoms with Crippen LogP contribution in [0, 0.1) is 6.92 Å². The molecule has 1 aromatic heterocycles. The van der Waals surface area contributed by atoms with Crippen LogP contribution in [0.3, 0.4) is 0 Å². The number of aryl methyl sites for hydroxylation is 1. The lowest BCUT2D eigenvalue weighted by Crippen LogP contribution is -2.42. The minimum absolute atomic E-state index is 0.00859. The second-order valence-electron chi connectivity index (χ2n) is 6.97. The molecule has 2 aromatic carbocycles. The predicted octanol–water partition coefficient (Wildman–Crippen LogP) is 4.73. The lowest BCUT2D eigenvalue weighted by Gasteiger charge is -2.28. The van der Waals surface area contributed by atoms with E-state index in [1.54, 1.807) is 32.0 Å². The Kier molecular flexibility index (Phi) is 5.96. The van der Waals surface area contributed by atoms with Crippen molar-refractivity contribution in [2.45, 2.75) is 39.4 Å². The number of carbonyl (C=O) groups excluding carboxylic acids is 1. The molecular formula is C22H22F3N3O2. The van der Waals surface area contributed by atoms with E-state index in [2.05, 4.69) is 4.98 Å². The minimum Gasteiger partial charge on any atom is -0.311 e. The van der Waals surface area contributed by atoms with E-state index in [1.807, 2.05) is 19.1 Å². The highest BCUT2D eigenvalue weighted by molar-refractivity contribution is 5.97. The van der Waals surface area contributed by atoms with Crippen molar-refractivity contribution in [3.8, 4) is 0 Å². The Labute approximate surface area is 171 Å². The van der Waals surface area contributed by atoms with Gasteiger partial charge >= 0.3 is 6.18 Å². The standard InChI is InChI=1S/C22H22F3N3O2/c1-4-17(20(29)27(5-2)15-10-8-9-14(3)13-15)28-18-12-7-6-11-16(18)26-19(21(28)30)22(23,24)25/h6-13,17H,4-5H2,1-3H3/t17-/m1/s1. The third-order valence-electron chi connectivity index (χ3n) is 4.94. The molecule has 30 heavy (non-hydrogen) atoms. The van der Waals surface area contributed by atoms with E-state index in [9.17, 15) is 22.8 Å². The second kappa shape index (κ2) is 8.30. The van der Waals surface area contributed by atoms with Crippen molar-refractivity contribution in [3.05, 3.63) is 70.1 Å². The fourth-order valence-corrected chi connectivity index (χ4v) is 3.56. The van der Waals surface area contributed by atoms with Crippen molar-refractivity contribution in [1.82, 2.24) is 9.55 Å². The highest BCUT2D eigenvalue weighted by Gasteiger charge is 2.39. The number of nitrogens with zero attached hydrogens (tertiary/aromatic N) is 3. The van der Waals surface area contributed by atoms with Crippen molar-refractivity contribution in [2.75, 3.05) is 11.4 Å². The molecule has 5 nitrogen and oxygen atoms in total. The van der Waals surface area contributed by atoms with E-state index in [-0.39, 0.29) is 17.5 Å². The summed E-state index contributed by atoms with van der Waals surface area (Å²) < 4.78 is 41.4. The molecule has 8 heteroatoms. The summed E-state index contributed by atoms with van der Waals surface area (Å²) in [6, 6.07) is 12.2. The number of rotatable bonds is 5. The van der Waals surface area contributed by atoms with Crippen LogP contribution in [0.2, 0.25) is 0 Å². The summed E-state index contributed by atoms with van der Waals surface area (Å²) in [5.74, 6) is -0.447. The number of likely N-dealkylation sites (N-methyl/N-ethyl adjacent to an activating group) is 1. The first-order chi connectivity index (χ1) is 14.2. The average Bonchev–Trinajstić information content (AvgIpc) is 2.69. The summed E-state index contributed by atoms with van der Waals surface area (Å²) in [6.07, 6.45) is -4.78. The molecule has 0 aliphatic carbocycles. The maximum Gasteiger partial charge on any atom is 0.438 e. The molecular weight excluding hydrogens is 395 g/mol. The van der Waals surface area contributed by atoms with E-state index in [1.165, 1.54) is 23.1 Å². The normalized spacial score (nSPS) is 12.7. The SMILES string of the molecule is CC[C@H](C(=O)N(CC)c1cccc(C)c1)n1c(=O)c(C(F)(F)F)nc2ccccc21. The Morgan fingerprint density at radius 2 is 1.83 bits per heavy atom. The topological polar surface area (TPSA) is 55.2 Å². The first-order valence-corrected chi connectivity index (χ1v) is 9.65. The number of hydrogen-bond donors (Lipinski definition) is 0. The van der Waals surface area contributed by atoms with Gasteiger partial charge in [0.2, 0.25) is 11.6 Å². The Morgan fingerprint density at radius 1 is 1.13 bits per heavy atom. The van der Waals surface area contributed by atoms with Crippen LogP contribution in [-0.2, 0) is 11.0 Å². The third kappa shape index (κ3) is 3.94. The van der Waals surface area contributed by atoms with E-state index >= 15 is 0 Å². The van der Waals surface area contributed by atoms with Crippen LogP contribution in [-0.4, -0.2) is 22.0 Å². The van der Waals surface area contributed by atoms with Gasteiger partial charge < -0.3 is 4.90 Å². The van der Waals surface area contributed by atoms with Crippen molar-refractivity contribution >= 4 is 22.6 Å². The molecule has 0 spiro atoms. The van der Waals surface area contributed by atoms with Crippen molar-refractivity contribution in [3.63, 3.8) is 0 Å².